The fourth-order valence-electron chi connectivity index (χ4n) is 4.06. The molecule has 2 aromatic rings. The van der Waals surface area contributed by atoms with Crippen LogP contribution in [0.1, 0.15) is 38.8 Å². The average Bonchev–Trinajstić information content (AvgIpc) is 3.36. The molecule has 0 amide bonds. The fraction of sp³-hybridized carbons (Fsp3) is 0.444. The zero-order valence-corrected chi connectivity index (χ0v) is 20.9. The third-order valence-corrected chi connectivity index (χ3v) is 5.70. The van der Waals surface area contributed by atoms with E-state index in [4.69, 9.17) is 33.2 Å². The quantitative estimate of drug-likeness (QED) is 0.324. The SMILES string of the molecule is COc1cc(/C=C/c2ccc(OC(=O)C3OC(C)(C)OC3C3COC(C)(C)O3)cc2)cc(OC)c1. The smallest absolute Gasteiger partial charge is 0.343 e. The minimum atomic E-state index is -0.943. The van der Waals surface area contributed by atoms with Gasteiger partial charge >= 0.3 is 5.97 Å². The van der Waals surface area contributed by atoms with E-state index >= 15 is 0 Å². The van der Waals surface area contributed by atoms with E-state index in [2.05, 4.69) is 0 Å². The monoisotopic (exact) mass is 484 g/mol. The van der Waals surface area contributed by atoms with Crippen LogP contribution in [0, 0.1) is 0 Å². The van der Waals surface area contributed by atoms with Crippen molar-refractivity contribution in [2.45, 2.75) is 57.6 Å². The number of carbonyl (C=O) groups excluding carboxylic acids is 1. The topological polar surface area (TPSA) is 81.7 Å². The first kappa shape index (κ1) is 25.2. The third-order valence-electron chi connectivity index (χ3n) is 5.70. The molecule has 3 unspecified atom stereocenters. The first-order valence-corrected chi connectivity index (χ1v) is 11.5. The van der Waals surface area contributed by atoms with Crippen molar-refractivity contribution in [1.29, 1.82) is 0 Å². The molecule has 4 rings (SSSR count). The van der Waals surface area contributed by atoms with Crippen LogP contribution in [0.15, 0.2) is 42.5 Å². The standard InChI is InChI=1S/C27H32O8/c1-26(2)31-16-22(33-26)23-24(35-27(3,4)34-23)25(28)32-19-11-9-17(10-12-19)7-8-18-13-20(29-5)15-21(14-18)30-6/h7-15,22-24H,16H2,1-6H3/b8-7+. The molecule has 188 valence electrons. The van der Waals surface area contributed by atoms with Gasteiger partial charge in [0.15, 0.2) is 17.7 Å². The summed E-state index contributed by atoms with van der Waals surface area (Å²) in [7, 11) is 3.23. The molecule has 0 saturated carbocycles. The number of benzene rings is 2. The second-order valence-electron chi connectivity index (χ2n) is 9.36. The van der Waals surface area contributed by atoms with Crippen LogP contribution in [0.4, 0.5) is 0 Å². The van der Waals surface area contributed by atoms with Gasteiger partial charge in [-0.15, -0.1) is 0 Å². The summed E-state index contributed by atoms with van der Waals surface area (Å²) in [5.74, 6) is -0.393. The lowest BCUT2D eigenvalue weighted by Gasteiger charge is -2.23. The van der Waals surface area contributed by atoms with E-state index in [9.17, 15) is 4.79 Å². The normalized spacial score (nSPS) is 25.0. The Morgan fingerprint density at radius 2 is 1.46 bits per heavy atom. The van der Waals surface area contributed by atoms with Crippen LogP contribution in [0.3, 0.4) is 0 Å². The van der Waals surface area contributed by atoms with Gasteiger partial charge in [0.1, 0.15) is 29.5 Å². The van der Waals surface area contributed by atoms with E-state index < -0.39 is 35.9 Å². The summed E-state index contributed by atoms with van der Waals surface area (Å²) in [6.45, 7) is 7.46. The Kier molecular flexibility index (Phi) is 7.19. The third kappa shape index (κ3) is 6.21. The van der Waals surface area contributed by atoms with Crippen molar-refractivity contribution in [2.24, 2.45) is 0 Å². The molecule has 0 aliphatic carbocycles. The number of rotatable bonds is 7. The second-order valence-corrected chi connectivity index (χ2v) is 9.36. The van der Waals surface area contributed by atoms with Crippen LogP contribution < -0.4 is 14.2 Å². The molecule has 0 N–H and O–H groups in total. The maximum Gasteiger partial charge on any atom is 0.343 e. The second kappa shape index (κ2) is 9.99. The molecule has 2 aromatic carbocycles. The van der Waals surface area contributed by atoms with Gasteiger partial charge in [0.25, 0.3) is 0 Å². The summed E-state index contributed by atoms with van der Waals surface area (Å²) in [5, 5.41) is 0. The Bertz CT molecular complexity index is 1050. The molecule has 0 spiro atoms. The lowest BCUT2D eigenvalue weighted by molar-refractivity contribution is -0.175. The van der Waals surface area contributed by atoms with Crippen molar-refractivity contribution in [3.8, 4) is 17.2 Å². The first-order chi connectivity index (χ1) is 16.6. The molecule has 2 aliphatic heterocycles. The molecule has 8 heteroatoms. The Morgan fingerprint density at radius 1 is 0.829 bits per heavy atom. The molecule has 2 saturated heterocycles. The molecule has 0 aromatic heterocycles. The predicted molar refractivity (Wildman–Crippen MR) is 129 cm³/mol. The molecule has 35 heavy (non-hydrogen) atoms. The maximum absolute atomic E-state index is 13.0. The summed E-state index contributed by atoms with van der Waals surface area (Å²) < 4.78 is 39.6. The minimum absolute atomic E-state index is 0.307. The fourth-order valence-corrected chi connectivity index (χ4v) is 4.06. The van der Waals surface area contributed by atoms with Crippen LogP contribution in [0.25, 0.3) is 12.2 Å². The number of carbonyl (C=O) groups is 1. The zero-order chi connectivity index (χ0) is 25.2. The van der Waals surface area contributed by atoms with E-state index in [0.29, 0.717) is 23.9 Å². The average molecular weight is 485 g/mol. The Balaban J connectivity index is 1.41. The molecule has 0 radical (unpaired) electrons. The summed E-state index contributed by atoms with van der Waals surface area (Å²) >= 11 is 0. The van der Waals surface area contributed by atoms with Gasteiger partial charge in [0.05, 0.1) is 20.8 Å². The number of esters is 1. The zero-order valence-electron chi connectivity index (χ0n) is 20.9. The van der Waals surface area contributed by atoms with Gasteiger partial charge in [-0.25, -0.2) is 4.79 Å². The van der Waals surface area contributed by atoms with E-state index in [1.807, 2.05) is 56.3 Å². The summed E-state index contributed by atoms with van der Waals surface area (Å²) in [4.78, 5) is 13.0. The number of methoxy groups -OCH3 is 2. The molecule has 2 heterocycles. The van der Waals surface area contributed by atoms with Crippen LogP contribution in [0.5, 0.6) is 17.2 Å². The van der Waals surface area contributed by atoms with E-state index in [0.717, 1.165) is 11.1 Å². The highest BCUT2D eigenvalue weighted by molar-refractivity contribution is 5.79. The molecule has 0 bridgehead atoms. The van der Waals surface area contributed by atoms with Crippen molar-refractivity contribution >= 4 is 18.1 Å². The van der Waals surface area contributed by atoms with Crippen molar-refractivity contribution in [2.75, 3.05) is 20.8 Å². The van der Waals surface area contributed by atoms with Crippen LogP contribution in [0.2, 0.25) is 0 Å². The van der Waals surface area contributed by atoms with Gasteiger partial charge in [0.2, 0.25) is 0 Å². The predicted octanol–water partition coefficient (Wildman–Crippen LogP) is 4.45. The summed E-state index contributed by atoms with van der Waals surface area (Å²) in [6, 6.07) is 12.8. The van der Waals surface area contributed by atoms with Crippen molar-refractivity contribution in [3.63, 3.8) is 0 Å². The number of hydrogen-bond donors (Lipinski definition) is 0. The van der Waals surface area contributed by atoms with Crippen molar-refractivity contribution < 1.29 is 38.0 Å². The van der Waals surface area contributed by atoms with Gasteiger partial charge in [-0.3, -0.25) is 0 Å². The van der Waals surface area contributed by atoms with Gasteiger partial charge in [-0.1, -0.05) is 24.3 Å². The lowest BCUT2D eigenvalue weighted by atomic mass is 10.1. The van der Waals surface area contributed by atoms with Crippen molar-refractivity contribution in [1.82, 2.24) is 0 Å². The van der Waals surface area contributed by atoms with Gasteiger partial charge in [0, 0.05) is 6.07 Å². The maximum atomic E-state index is 13.0. The lowest BCUT2D eigenvalue weighted by Crippen LogP contribution is -2.43. The highest BCUT2D eigenvalue weighted by atomic mass is 16.8. The molecule has 3 atom stereocenters. The van der Waals surface area contributed by atoms with Crippen LogP contribution >= 0.6 is 0 Å². The van der Waals surface area contributed by atoms with E-state index in [1.54, 1.807) is 40.2 Å². The number of ether oxygens (including phenoxy) is 7. The van der Waals surface area contributed by atoms with Gasteiger partial charge in [-0.2, -0.15) is 0 Å². The highest BCUT2D eigenvalue weighted by Gasteiger charge is 2.53. The molecule has 2 fully saturated rings. The molecular weight excluding hydrogens is 452 g/mol. The Hall–Kier alpha value is -2.91. The van der Waals surface area contributed by atoms with E-state index in [-0.39, 0.29) is 0 Å². The van der Waals surface area contributed by atoms with Crippen LogP contribution in [-0.4, -0.2) is 56.7 Å². The Morgan fingerprint density at radius 3 is 2.03 bits per heavy atom. The molecule has 2 aliphatic rings. The van der Waals surface area contributed by atoms with Gasteiger partial charge in [-0.05, 0) is 63.1 Å². The molecule has 8 nitrogen and oxygen atoms in total. The largest absolute Gasteiger partial charge is 0.497 e. The summed E-state index contributed by atoms with van der Waals surface area (Å²) in [5.41, 5.74) is 1.87. The molecular formula is C27H32O8. The van der Waals surface area contributed by atoms with Crippen LogP contribution in [-0.2, 0) is 23.7 Å². The Labute approximate surface area is 205 Å². The highest BCUT2D eigenvalue weighted by Crippen LogP contribution is 2.36. The first-order valence-electron chi connectivity index (χ1n) is 11.5. The van der Waals surface area contributed by atoms with Crippen molar-refractivity contribution in [3.05, 3.63) is 53.6 Å². The van der Waals surface area contributed by atoms with E-state index in [1.165, 1.54) is 0 Å². The number of hydrogen-bond acceptors (Lipinski definition) is 8. The minimum Gasteiger partial charge on any atom is -0.497 e. The summed E-state index contributed by atoms with van der Waals surface area (Å²) in [6.07, 6.45) is 1.89. The van der Waals surface area contributed by atoms with Gasteiger partial charge < -0.3 is 33.2 Å².